The summed E-state index contributed by atoms with van der Waals surface area (Å²) < 4.78 is 0. The summed E-state index contributed by atoms with van der Waals surface area (Å²) in [6.45, 7) is 3.82. The number of nitrogens with zero attached hydrogens (tertiary/aromatic N) is 2. The largest absolute Gasteiger partial charge is 0.369 e. The highest BCUT2D eigenvalue weighted by molar-refractivity contribution is 6.30. The quantitative estimate of drug-likeness (QED) is 0.559. The second-order valence-electron chi connectivity index (χ2n) is 3.71. The molecule has 0 atom stereocenters. The third kappa shape index (κ3) is 5.21. The Hall–Kier alpha value is -1.75. The van der Waals surface area contributed by atoms with Gasteiger partial charge in [-0.25, -0.2) is 4.99 Å². The van der Waals surface area contributed by atoms with Crippen LogP contribution in [0, 0.1) is 0 Å². The van der Waals surface area contributed by atoms with Crippen molar-refractivity contribution in [2.75, 3.05) is 5.32 Å². The van der Waals surface area contributed by atoms with Gasteiger partial charge >= 0.3 is 0 Å². The fourth-order valence-electron chi connectivity index (χ4n) is 1.13. The van der Waals surface area contributed by atoms with Crippen molar-refractivity contribution in [3.05, 3.63) is 29.3 Å². The molecule has 0 unspecified atom stereocenters. The molecule has 0 saturated carbocycles. The summed E-state index contributed by atoms with van der Waals surface area (Å²) >= 11 is 5.76. The van der Waals surface area contributed by atoms with E-state index in [9.17, 15) is 0 Å². The molecular formula is C11H16ClN5. The van der Waals surface area contributed by atoms with Gasteiger partial charge in [-0.1, -0.05) is 11.6 Å². The molecule has 92 valence electrons. The van der Waals surface area contributed by atoms with Gasteiger partial charge in [-0.2, -0.15) is 4.99 Å². The van der Waals surface area contributed by atoms with Gasteiger partial charge in [0.1, 0.15) is 0 Å². The van der Waals surface area contributed by atoms with E-state index in [1.54, 1.807) is 24.3 Å². The lowest BCUT2D eigenvalue weighted by Gasteiger charge is -2.05. The summed E-state index contributed by atoms with van der Waals surface area (Å²) in [6, 6.07) is 7.17. The average molecular weight is 260 g/mol. The Bertz CT molecular complexity index is 422. The van der Waals surface area contributed by atoms with Gasteiger partial charge in [-0.3, -0.25) is 0 Å². The van der Waals surface area contributed by atoms with Crippen molar-refractivity contribution in [2.45, 2.75) is 19.9 Å². The topological polar surface area (TPSA) is 88.8 Å². The van der Waals surface area contributed by atoms with Crippen LogP contribution in [0.15, 0.2) is 34.3 Å². The minimum Gasteiger partial charge on any atom is -0.369 e. The van der Waals surface area contributed by atoms with Crippen LogP contribution in [0.1, 0.15) is 13.8 Å². The predicted octanol–water partition coefficient (Wildman–Crippen LogP) is 1.79. The lowest BCUT2D eigenvalue weighted by molar-refractivity contribution is 0.831. The summed E-state index contributed by atoms with van der Waals surface area (Å²) in [7, 11) is 0. The lowest BCUT2D eigenvalue weighted by Crippen LogP contribution is -2.26. The van der Waals surface area contributed by atoms with E-state index in [1.807, 2.05) is 13.8 Å². The van der Waals surface area contributed by atoms with Crippen molar-refractivity contribution in [3.8, 4) is 0 Å². The van der Waals surface area contributed by atoms with Gasteiger partial charge in [0, 0.05) is 16.8 Å². The standard InChI is InChI=1S/C11H16ClN5/c1-7(2)15-10(13)17-11(14)16-9-5-3-8(12)4-6-9/h3-7H,1-2H3,(H5,13,14,15,16,17)/i3+1,4+1,5+1,6+1,8+1,9+1. The van der Waals surface area contributed by atoms with E-state index in [1.165, 1.54) is 0 Å². The Kier molecular flexibility index (Phi) is 4.78. The minimum atomic E-state index is 0.0853. The maximum absolute atomic E-state index is 5.76. The summed E-state index contributed by atoms with van der Waals surface area (Å²) in [6.07, 6.45) is 0. The number of aliphatic imine (C=N–C) groups is 2. The van der Waals surface area contributed by atoms with Crippen LogP contribution >= 0.6 is 11.6 Å². The first-order valence-corrected chi connectivity index (χ1v) is 5.55. The van der Waals surface area contributed by atoms with Crippen molar-refractivity contribution >= 4 is 29.2 Å². The van der Waals surface area contributed by atoms with Crippen LogP contribution in [0.4, 0.5) is 5.69 Å². The van der Waals surface area contributed by atoms with Crippen molar-refractivity contribution in [1.82, 2.24) is 0 Å². The van der Waals surface area contributed by atoms with E-state index >= 15 is 0 Å². The maximum atomic E-state index is 5.76. The van der Waals surface area contributed by atoms with Gasteiger partial charge in [0.25, 0.3) is 0 Å². The first kappa shape index (κ1) is 13.3. The molecule has 0 aromatic heterocycles. The van der Waals surface area contributed by atoms with Crippen molar-refractivity contribution in [1.29, 1.82) is 0 Å². The molecule has 0 radical (unpaired) electrons. The van der Waals surface area contributed by atoms with Crippen LogP contribution in [-0.4, -0.2) is 18.0 Å². The van der Waals surface area contributed by atoms with Crippen LogP contribution in [0.25, 0.3) is 0 Å². The molecule has 0 amide bonds. The second-order valence-corrected chi connectivity index (χ2v) is 4.15. The molecule has 6 heteroatoms. The van der Waals surface area contributed by atoms with E-state index in [4.69, 9.17) is 23.1 Å². The second kappa shape index (κ2) is 6.10. The molecule has 5 N–H and O–H groups in total. The van der Waals surface area contributed by atoms with Crippen molar-refractivity contribution < 1.29 is 0 Å². The summed E-state index contributed by atoms with van der Waals surface area (Å²) in [5, 5.41) is 3.54. The molecule has 0 aliphatic rings. The van der Waals surface area contributed by atoms with Gasteiger partial charge in [-0.15, -0.1) is 0 Å². The molecule has 0 saturated heterocycles. The van der Waals surface area contributed by atoms with E-state index in [2.05, 4.69) is 15.3 Å². The molecule has 17 heavy (non-hydrogen) atoms. The highest BCUT2D eigenvalue weighted by Crippen LogP contribution is 2.12. The van der Waals surface area contributed by atoms with Crippen LogP contribution in [0.2, 0.25) is 5.02 Å². The average Bonchev–Trinajstić information content (AvgIpc) is 2.19. The van der Waals surface area contributed by atoms with E-state index in [0.29, 0.717) is 5.02 Å². The smallest absolute Gasteiger partial charge is 0.218 e. The van der Waals surface area contributed by atoms with Gasteiger partial charge in [0.2, 0.25) is 11.9 Å². The van der Waals surface area contributed by atoms with Crippen molar-refractivity contribution in [2.24, 2.45) is 21.5 Å². The Morgan fingerprint density at radius 3 is 2.35 bits per heavy atom. The van der Waals surface area contributed by atoms with Gasteiger partial charge in [-0.05, 0) is 38.1 Å². The summed E-state index contributed by atoms with van der Waals surface area (Å²) in [4.78, 5) is 7.95. The Morgan fingerprint density at radius 1 is 1.24 bits per heavy atom. The molecule has 0 spiro atoms. The molecule has 5 nitrogen and oxygen atoms in total. The minimum absolute atomic E-state index is 0.0853. The molecule has 0 heterocycles. The first-order chi connectivity index (χ1) is 7.97. The van der Waals surface area contributed by atoms with Crippen LogP contribution in [-0.2, 0) is 0 Å². The molecule has 1 aromatic carbocycles. The number of rotatable bonds is 2. The van der Waals surface area contributed by atoms with Gasteiger partial charge in [0.05, 0.1) is 0 Å². The number of anilines is 1. The first-order valence-electron chi connectivity index (χ1n) is 5.17. The number of guanidine groups is 2. The number of nitrogens with two attached hydrogens (primary N) is 2. The molecule has 0 fully saturated rings. The normalized spacial score (nSPS) is 12.9. The van der Waals surface area contributed by atoms with Gasteiger partial charge < -0.3 is 16.8 Å². The Balaban J connectivity index is 2.68. The third-order valence-electron chi connectivity index (χ3n) is 1.74. The predicted molar refractivity (Wildman–Crippen MR) is 73.5 cm³/mol. The monoisotopic (exact) mass is 259 g/mol. The van der Waals surface area contributed by atoms with E-state index in [-0.39, 0.29) is 18.0 Å². The van der Waals surface area contributed by atoms with E-state index < -0.39 is 0 Å². The summed E-state index contributed by atoms with van der Waals surface area (Å²) in [5.41, 5.74) is 12.0. The zero-order chi connectivity index (χ0) is 12.8. The SMILES string of the molecule is CC(C)N=C(N)/N=C(\N)N[13c]1[13cH][13cH][13c](Cl)[13cH][13cH]1. The Labute approximate surface area is 106 Å². The van der Waals surface area contributed by atoms with Crippen LogP contribution < -0.4 is 16.8 Å². The number of nitrogens with one attached hydrogen (secondary N) is 1. The zero-order valence-electron chi connectivity index (χ0n) is 9.81. The van der Waals surface area contributed by atoms with Crippen LogP contribution in [0.3, 0.4) is 0 Å². The van der Waals surface area contributed by atoms with Crippen molar-refractivity contribution in [3.63, 3.8) is 0 Å². The third-order valence-corrected chi connectivity index (χ3v) is 1.99. The molecule has 1 aromatic rings. The molecule has 0 aliphatic carbocycles. The zero-order valence-corrected chi connectivity index (χ0v) is 10.6. The number of benzene rings is 1. The van der Waals surface area contributed by atoms with E-state index in [0.717, 1.165) is 5.69 Å². The Morgan fingerprint density at radius 2 is 1.82 bits per heavy atom. The van der Waals surface area contributed by atoms with Gasteiger partial charge in [0.15, 0.2) is 0 Å². The highest BCUT2D eigenvalue weighted by atomic mass is 35.5. The molecule has 0 bridgehead atoms. The summed E-state index contributed by atoms with van der Waals surface area (Å²) in [5.74, 6) is 0.341. The number of hydrogen-bond donors (Lipinski definition) is 3. The fourth-order valence-corrected chi connectivity index (χ4v) is 1.25. The van der Waals surface area contributed by atoms with Crippen LogP contribution in [0.5, 0.6) is 0 Å². The highest BCUT2D eigenvalue weighted by Gasteiger charge is 1.97. The number of hydrogen-bond acceptors (Lipinski definition) is 1. The fraction of sp³-hybridized carbons (Fsp3) is 0.273. The molecule has 1 rings (SSSR count). The maximum Gasteiger partial charge on any atom is 0.218 e. The lowest BCUT2D eigenvalue weighted by atomic mass is 10.4. The molecular weight excluding hydrogens is 244 g/mol. The molecule has 0 aliphatic heterocycles. The number of halogens is 1.